The van der Waals surface area contributed by atoms with Crippen LogP contribution in [-0.2, 0) is 0 Å². The largest absolute Gasteiger partial charge is 0.464 e. The van der Waals surface area contributed by atoms with Crippen LogP contribution < -0.4 is 5.32 Å². The summed E-state index contributed by atoms with van der Waals surface area (Å²) in [6.07, 6.45) is 5.88. The van der Waals surface area contributed by atoms with Crippen molar-refractivity contribution in [2.24, 2.45) is 0 Å². The number of nitrogens with zero attached hydrogens (tertiary/aromatic N) is 1. The fourth-order valence-electron chi connectivity index (χ4n) is 2.69. The number of rotatable bonds is 1. The molecule has 0 unspecified atom stereocenters. The molecular weight excluding hydrogens is 256 g/mol. The van der Waals surface area contributed by atoms with Crippen LogP contribution in [0.25, 0.3) is 5.57 Å². The van der Waals surface area contributed by atoms with Crippen LogP contribution in [0.4, 0.5) is 0 Å². The quantitative estimate of drug-likeness (QED) is 0.792. The number of dihydropyridines is 1. The lowest BCUT2D eigenvalue weighted by atomic mass is 9.84. The van der Waals surface area contributed by atoms with E-state index in [1.165, 1.54) is 5.57 Å². The van der Waals surface area contributed by atoms with Gasteiger partial charge in [0.05, 0.1) is 11.8 Å². The van der Waals surface area contributed by atoms with Gasteiger partial charge in [0.25, 0.3) is 0 Å². The Morgan fingerprint density at radius 2 is 2.16 bits per heavy atom. The number of furan rings is 1. The van der Waals surface area contributed by atoms with Gasteiger partial charge in [0.15, 0.2) is 0 Å². The third-order valence-corrected chi connectivity index (χ3v) is 3.73. The fourth-order valence-corrected chi connectivity index (χ4v) is 2.84. The zero-order chi connectivity index (χ0) is 13.2. The minimum Gasteiger partial charge on any atom is -0.464 e. The summed E-state index contributed by atoms with van der Waals surface area (Å²) < 4.78 is 5.50. The van der Waals surface area contributed by atoms with Crippen molar-refractivity contribution in [2.45, 2.75) is 25.7 Å². The molecule has 0 amide bonds. The lowest BCUT2D eigenvalue weighted by molar-refractivity contribution is 0.549. The van der Waals surface area contributed by atoms with E-state index in [1.807, 2.05) is 12.1 Å². The summed E-state index contributed by atoms with van der Waals surface area (Å²) in [6, 6.07) is 5.96. The molecule has 1 aromatic rings. The monoisotopic (exact) mass is 268 g/mol. The predicted octanol–water partition coefficient (Wildman–Crippen LogP) is 3.47. The minimum absolute atomic E-state index is 0.533. The average Bonchev–Trinajstić information content (AvgIpc) is 2.98. The van der Waals surface area contributed by atoms with Crippen LogP contribution in [0, 0.1) is 11.3 Å². The Bertz CT molecular complexity index is 667. The van der Waals surface area contributed by atoms with Crippen LogP contribution >= 0.6 is 12.2 Å². The molecule has 0 spiro atoms. The maximum atomic E-state index is 9.43. The van der Waals surface area contributed by atoms with Gasteiger partial charge in [-0.2, -0.15) is 5.26 Å². The van der Waals surface area contributed by atoms with E-state index in [9.17, 15) is 5.26 Å². The van der Waals surface area contributed by atoms with Gasteiger partial charge >= 0.3 is 0 Å². The van der Waals surface area contributed by atoms with E-state index in [-0.39, 0.29) is 0 Å². The number of thiocarbonyl (C=S) groups is 1. The maximum absolute atomic E-state index is 9.43. The third kappa shape index (κ3) is 1.94. The Morgan fingerprint density at radius 3 is 2.84 bits per heavy atom. The van der Waals surface area contributed by atoms with E-state index in [2.05, 4.69) is 16.4 Å². The molecule has 0 radical (unpaired) electrons. The predicted molar refractivity (Wildman–Crippen MR) is 76.0 cm³/mol. The SMILES string of the molecule is N#CC1=C(c2ccco2)C2=C(CCCC2)NC1=C=S. The van der Waals surface area contributed by atoms with Crippen LogP contribution in [0.1, 0.15) is 31.4 Å². The highest BCUT2D eigenvalue weighted by atomic mass is 32.1. The van der Waals surface area contributed by atoms with Gasteiger partial charge in [-0.1, -0.05) is 0 Å². The molecule has 2 aliphatic rings. The number of hydrogen-bond acceptors (Lipinski definition) is 4. The molecule has 0 fully saturated rings. The lowest BCUT2D eigenvalue weighted by Gasteiger charge is -2.28. The number of hydrogen-bond donors (Lipinski definition) is 1. The fraction of sp³-hybridized carbons (Fsp3) is 0.267. The smallest absolute Gasteiger partial charge is 0.135 e. The minimum atomic E-state index is 0.533. The Balaban J connectivity index is 2.27. The van der Waals surface area contributed by atoms with Gasteiger partial charge in [0.1, 0.15) is 17.5 Å². The van der Waals surface area contributed by atoms with Crippen molar-refractivity contribution in [2.75, 3.05) is 0 Å². The summed E-state index contributed by atoms with van der Waals surface area (Å²) in [5, 5.41) is 15.4. The zero-order valence-corrected chi connectivity index (χ0v) is 11.1. The molecular formula is C15H12N2OS. The molecule has 0 atom stereocenters. The summed E-state index contributed by atoms with van der Waals surface area (Å²) in [5.74, 6) is 0.732. The highest BCUT2D eigenvalue weighted by Crippen LogP contribution is 2.40. The van der Waals surface area contributed by atoms with Crippen molar-refractivity contribution < 1.29 is 4.42 Å². The third-order valence-electron chi connectivity index (χ3n) is 3.53. The first-order valence-corrected chi connectivity index (χ1v) is 6.69. The second-order valence-electron chi connectivity index (χ2n) is 4.61. The van der Waals surface area contributed by atoms with Crippen LogP contribution in [0.5, 0.6) is 0 Å². The van der Waals surface area contributed by atoms with Gasteiger partial charge < -0.3 is 9.73 Å². The summed E-state index contributed by atoms with van der Waals surface area (Å²) >= 11 is 4.90. The molecule has 4 heteroatoms. The van der Waals surface area contributed by atoms with E-state index in [0.29, 0.717) is 11.3 Å². The molecule has 1 aromatic heterocycles. The first-order chi connectivity index (χ1) is 9.35. The normalized spacial score (nSPS) is 18.6. The summed E-state index contributed by atoms with van der Waals surface area (Å²) in [7, 11) is 0. The molecule has 0 bridgehead atoms. The molecule has 3 nitrogen and oxygen atoms in total. The van der Waals surface area contributed by atoms with E-state index in [4.69, 9.17) is 16.6 Å². The summed E-state index contributed by atoms with van der Waals surface area (Å²) in [6.45, 7) is 0. The first kappa shape index (κ1) is 12.0. The van der Waals surface area contributed by atoms with Gasteiger partial charge in [0.2, 0.25) is 0 Å². The Morgan fingerprint density at radius 1 is 1.32 bits per heavy atom. The Hall–Kier alpha value is -2.08. The van der Waals surface area contributed by atoms with Crippen molar-refractivity contribution in [3.05, 3.63) is 46.7 Å². The van der Waals surface area contributed by atoms with Crippen LogP contribution in [0.15, 0.2) is 45.4 Å². The molecule has 19 heavy (non-hydrogen) atoms. The van der Waals surface area contributed by atoms with E-state index < -0.39 is 0 Å². The van der Waals surface area contributed by atoms with Gasteiger partial charge in [-0.15, -0.1) is 0 Å². The molecule has 94 valence electrons. The molecule has 3 rings (SSSR count). The number of nitrogens with one attached hydrogen (secondary N) is 1. The van der Waals surface area contributed by atoms with Crippen molar-refractivity contribution in [1.82, 2.24) is 5.32 Å². The van der Waals surface area contributed by atoms with Crippen molar-refractivity contribution >= 4 is 22.8 Å². The number of allylic oxidation sites excluding steroid dienone is 4. The molecule has 0 saturated heterocycles. The van der Waals surface area contributed by atoms with Gasteiger partial charge in [-0.25, -0.2) is 0 Å². The first-order valence-electron chi connectivity index (χ1n) is 6.28. The molecule has 2 heterocycles. The Kier molecular flexibility index (Phi) is 3.08. The average molecular weight is 268 g/mol. The molecule has 1 N–H and O–H groups in total. The van der Waals surface area contributed by atoms with Crippen molar-refractivity contribution in [3.63, 3.8) is 0 Å². The second-order valence-corrected chi connectivity index (χ2v) is 4.81. The van der Waals surface area contributed by atoms with Crippen LogP contribution in [0.3, 0.4) is 0 Å². The van der Waals surface area contributed by atoms with Crippen molar-refractivity contribution in [3.8, 4) is 6.07 Å². The number of nitriles is 1. The van der Waals surface area contributed by atoms with Crippen LogP contribution in [-0.4, -0.2) is 5.02 Å². The molecule has 1 aliphatic heterocycles. The second kappa shape index (κ2) is 4.89. The van der Waals surface area contributed by atoms with Gasteiger partial charge in [0, 0.05) is 11.3 Å². The van der Waals surface area contributed by atoms with Crippen molar-refractivity contribution in [1.29, 1.82) is 5.26 Å². The van der Waals surface area contributed by atoms with E-state index in [1.54, 1.807) is 6.26 Å². The molecule has 0 aromatic carbocycles. The summed E-state index contributed by atoms with van der Waals surface area (Å²) in [4.78, 5) is 0. The maximum Gasteiger partial charge on any atom is 0.135 e. The van der Waals surface area contributed by atoms with Gasteiger partial charge in [-0.3, -0.25) is 0 Å². The van der Waals surface area contributed by atoms with E-state index in [0.717, 1.165) is 42.7 Å². The van der Waals surface area contributed by atoms with E-state index >= 15 is 0 Å². The van der Waals surface area contributed by atoms with Crippen LogP contribution in [0.2, 0.25) is 0 Å². The zero-order valence-electron chi connectivity index (χ0n) is 10.3. The topological polar surface area (TPSA) is 49.0 Å². The van der Waals surface area contributed by atoms with Gasteiger partial charge in [-0.05, 0) is 60.6 Å². The lowest BCUT2D eigenvalue weighted by Crippen LogP contribution is -2.24. The summed E-state index contributed by atoms with van der Waals surface area (Å²) in [5.41, 5.74) is 4.35. The highest BCUT2D eigenvalue weighted by Gasteiger charge is 2.29. The highest BCUT2D eigenvalue weighted by molar-refractivity contribution is 7.78. The Labute approximate surface area is 116 Å². The molecule has 0 saturated carbocycles. The molecule has 1 aliphatic carbocycles. The standard InChI is InChI=1S/C15H12N2OS/c16-8-11-13(9-19)17-12-5-2-1-4-10(12)15(11)14-6-3-7-18-14/h3,6-7,17H,1-2,4-5H2.